The van der Waals surface area contributed by atoms with E-state index in [-0.39, 0.29) is 23.3 Å². The van der Waals surface area contributed by atoms with Gasteiger partial charge in [-0.05, 0) is 43.9 Å². The number of rotatable bonds is 4. The lowest BCUT2D eigenvalue weighted by Crippen LogP contribution is -2.55. The van der Waals surface area contributed by atoms with E-state index in [2.05, 4.69) is 5.32 Å². The van der Waals surface area contributed by atoms with Crippen molar-refractivity contribution >= 4 is 35.0 Å². The van der Waals surface area contributed by atoms with Crippen LogP contribution in [0, 0.1) is 5.92 Å². The number of nitrogens with two attached hydrogens (primary N) is 1. The number of carbonyl (C=O) groups excluding carboxylic acids is 2. The normalized spacial score (nSPS) is 22.3. The lowest BCUT2D eigenvalue weighted by molar-refractivity contribution is -0.128. The van der Waals surface area contributed by atoms with E-state index in [4.69, 9.17) is 28.9 Å². The molecule has 2 aliphatic rings. The highest BCUT2D eigenvalue weighted by Gasteiger charge is 2.37. The molecule has 1 atom stereocenters. The van der Waals surface area contributed by atoms with Gasteiger partial charge < -0.3 is 16.0 Å². The fraction of sp³-hybridized carbons (Fsp3) is 0.579. The zero-order valence-corrected chi connectivity index (χ0v) is 16.3. The number of nitrogens with zero attached hydrogens (tertiary/aromatic N) is 1. The number of piperidine rings is 1. The Kier molecular flexibility index (Phi) is 6.10. The number of likely N-dealkylation sites (tertiary alicyclic amines) is 1. The molecule has 1 aromatic carbocycles. The van der Waals surface area contributed by atoms with Crippen molar-refractivity contribution in [3.63, 3.8) is 0 Å². The van der Waals surface area contributed by atoms with E-state index in [1.165, 1.54) is 0 Å². The van der Waals surface area contributed by atoms with E-state index in [1.807, 2.05) is 0 Å². The van der Waals surface area contributed by atoms with Crippen molar-refractivity contribution in [1.29, 1.82) is 0 Å². The number of carbonyl (C=O) groups is 2. The van der Waals surface area contributed by atoms with Gasteiger partial charge in [-0.3, -0.25) is 9.59 Å². The summed E-state index contributed by atoms with van der Waals surface area (Å²) in [5.41, 5.74) is 6.16. The fourth-order valence-electron chi connectivity index (χ4n) is 3.98. The third kappa shape index (κ3) is 4.16. The van der Waals surface area contributed by atoms with Gasteiger partial charge in [0.15, 0.2) is 0 Å². The third-order valence-corrected chi connectivity index (χ3v) is 6.32. The second kappa shape index (κ2) is 8.15. The van der Waals surface area contributed by atoms with Crippen molar-refractivity contribution in [2.75, 3.05) is 19.6 Å². The number of amides is 2. The molecule has 1 aliphatic carbocycles. The van der Waals surface area contributed by atoms with Crippen molar-refractivity contribution in [3.8, 4) is 0 Å². The Bertz CT molecular complexity index is 689. The number of benzene rings is 1. The Labute approximate surface area is 164 Å². The molecule has 7 heteroatoms. The monoisotopic (exact) mass is 397 g/mol. The maximum Gasteiger partial charge on any atom is 0.253 e. The Morgan fingerprint density at radius 3 is 2.58 bits per heavy atom. The largest absolute Gasteiger partial charge is 0.349 e. The van der Waals surface area contributed by atoms with Crippen LogP contribution >= 0.6 is 23.2 Å². The van der Waals surface area contributed by atoms with Crippen LogP contribution in [0.1, 0.15) is 48.9 Å². The highest BCUT2D eigenvalue weighted by molar-refractivity contribution is 6.42. The lowest BCUT2D eigenvalue weighted by atomic mass is 9.92. The first-order chi connectivity index (χ1) is 12.4. The van der Waals surface area contributed by atoms with E-state index < -0.39 is 0 Å². The topological polar surface area (TPSA) is 75.4 Å². The first kappa shape index (κ1) is 19.5. The van der Waals surface area contributed by atoms with Crippen molar-refractivity contribution in [1.82, 2.24) is 10.2 Å². The van der Waals surface area contributed by atoms with Gasteiger partial charge in [0.25, 0.3) is 5.91 Å². The zero-order valence-electron chi connectivity index (χ0n) is 14.8. The van der Waals surface area contributed by atoms with Crippen LogP contribution in [-0.4, -0.2) is 41.9 Å². The van der Waals surface area contributed by atoms with Crippen molar-refractivity contribution in [2.45, 2.75) is 44.1 Å². The first-order valence-electron chi connectivity index (χ1n) is 9.20. The predicted octanol–water partition coefficient (Wildman–Crippen LogP) is 3.23. The molecule has 1 unspecified atom stereocenters. The fourth-order valence-corrected chi connectivity index (χ4v) is 4.28. The molecule has 1 saturated carbocycles. The summed E-state index contributed by atoms with van der Waals surface area (Å²) in [6, 6.07) is 4.87. The van der Waals surface area contributed by atoms with Gasteiger partial charge >= 0.3 is 0 Å². The molecule has 26 heavy (non-hydrogen) atoms. The van der Waals surface area contributed by atoms with Crippen LogP contribution in [0.5, 0.6) is 0 Å². The summed E-state index contributed by atoms with van der Waals surface area (Å²) < 4.78 is 0. The van der Waals surface area contributed by atoms with E-state index in [0.29, 0.717) is 35.2 Å². The second-order valence-electron chi connectivity index (χ2n) is 7.40. The predicted molar refractivity (Wildman–Crippen MR) is 103 cm³/mol. The molecular formula is C19H25Cl2N3O2. The minimum Gasteiger partial charge on any atom is -0.349 e. The summed E-state index contributed by atoms with van der Waals surface area (Å²) in [6.07, 6.45) is 5.67. The van der Waals surface area contributed by atoms with Crippen LogP contribution in [0.4, 0.5) is 0 Å². The average molecular weight is 398 g/mol. The van der Waals surface area contributed by atoms with Crippen LogP contribution in [0.3, 0.4) is 0 Å². The summed E-state index contributed by atoms with van der Waals surface area (Å²) >= 11 is 11.9. The van der Waals surface area contributed by atoms with Gasteiger partial charge in [-0.15, -0.1) is 0 Å². The Hall–Kier alpha value is -1.30. The van der Waals surface area contributed by atoms with Gasteiger partial charge in [-0.2, -0.15) is 0 Å². The van der Waals surface area contributed by atoms with E-state index in [0.717, 1.165) is 38.5 Å². The molecule has 1 aromatic rings. The number of hydrogen-bond acceptors (Lipinski definition) is 3. The summed E-state index contributed by atoms with van der Waals surface area (Å²) in [5.74, 6) is -0.293. The molecule has 1 aliphatic heterocycles. The zero-order chi connectivity index (χ0) is 18.7. The molecule has 2 fully saturated rings. The van der Waals surface area contributed by atoms with Crippen molar-refractivity contribution in [2.24, 2.45) is 11.7 Å². The number of nitrogens with one attached hydrogen (secondary N) is 1. The van der Waals surface area contributed by atoms with Gasteiger partial charge in [-0.25, -0.2) is 0 Å². The third-order valence-electron chi connectivity index (χ3n) is 5.59. The van der Waals surface area contributed by atoms with Crippen molar-refractivity contribution < 1.29 is 9.59 Å². The highest BCUT2D eigenvalue weighted by atomic mass is 35.5. The Morgan fingerprint density at radius 1 is 1.19 bits per heavy atom. The quantitative estimate of drug-likeness (QED) is 0.818. The summed E-state index contributed by atoms with van der Waals surface area (Å²) in [5, 5.41) is 3.96. The van der Waals surface area contributed by atoms with Crippen LogP contribution < -0.4 is 11.1 Å². The highest BCUT2D eigenvalue weighted by Crippen LogP contribution is 2.30. The maximum absolute atomic E-state index is 12.8. The minimum atomic E-state index is -0.257. The van der Waals surface area contributed by atoms with Crippen molar-refractivity contribution in [3.05, 3.63) is 33.8 Å². The molecule has 3 N–H and O–H groups in total. The van der Waals surface area contributed by atoms with Crippen LogP contribution in [0.2, 0.25) is 10.0 Å². The molecule has 0 aromatic heterocycles. The molecule has 1 heterocycles. The molecule has 0 bridgehead atoms. The summed E-state index contributed by atoms with van der Waals surface area (Å²) in [6.45, 7) is 1.54. The molecule has 0 spiro atoms. The van der Waals surface area contributed by atoms with Gasteiger partial charge in [0.05, 0.1) is 21.5 Å². The second-order valence-corrected chi connectivity index (χ2v) is 8.21. The molecule has 142 valence electrons. The molecule has 1 saturated heterocycles. The maximum atomic E-state index is 12.8. The van der Waals surface area contributed by atoms with Gasteiger partial charge in [0.1, 0.15) is 0 Å². The number of halogens is 2. The Balaban J connectivity index is 1.65. The van der Waals surface area contributed by atoms with Crippen LogP contribution in [0.15, 0.2) is 18.2 Å². The summed E-state index contributed by atoms with van der Waals surface area (Å²) in [4.78, 5) is 27.3. The Morgan fingerprint density at radius 2 is 1.92 bits per heavy atom. The van der Waals surface area contributed by atoms with E-state index >= 15 is 0 Å². The molecule has 5 nitrogen and oxygen atoms in total. The SMILES string of the molecule is NCC1(NC(=O)C2CCCN(C(=O)c3ccc(Cl)c(Cl)c3)C2)CCCC1. The lowest BCUT2D eigenvalue weighted by Gasteiger charge is -2.35. The summed E-state index contributed by atoms with van der Waals surface area (Å²) in [7, 11) is 0. The van der Waals surface area contributed by atoms with Crippen LogP contribution in [-0.2, 0) is 4.79 Å². The molecule has 3 rings (SSSR count). The van der Waals surface area contributed by atoms with E-state index in [1.54, 1.807) is 23.1 Å². The smallest absolute Gasteiger partial charge is 0.253 e. The molecular weight excluding hydrogens is 373 g/mol. The van der Waals surface area contributed by atoms with E-state index in [9.17, 15) is 9.59 Å². The first-order valence-corrected chi connectivity index (χ1v) is 9.96. The van der Waals surface area contributed by atoms with Gasteiger partial charge in [-0.1, -0.05) is 36.0 Å². The standard InChI is InChI=1S/C19H25Cl2N3O2/c20-15-6-5-13(10-16(15)21)18(26)24-9-3-4-14(11-24)17(25)23-19(12-22)7-1-2-8-19/h5-6,10,14H,1-4,7-9,11-12,22H2,(H,23,25). The molecule has 2 amide bonds. The molecule has 0 radical (unpaired) electrons. The minimum absolute atomic E-state index is 0.0176. The average Bonchev–Trinajstić information content (AvgIpc) is 3.12. The number of hydrogen-bond donors (Lipinski definition) is 2. The van der Waals surface area contributed by atoms with Crippen LogP contribution in [0.25, 0.3) is 0 Å². The van der Waals surface area contributed by atoms with Gasteiger partial charge in [0, 0.05) is 25.2 Å². The van der Waals surface area contributed by atoms with Gasteiger partial charge in [0.2, 0.25) is 5.91 Å².